The van der Waals surface area contributed by atoms with E-state index in [1.807, 2.05) is 30.3 Å². The Bertz CT molecular complexity index is 1030. The van der Waals surface area contributed by atoms with Crippen LogP contribution in [-0.2, 0) is 37.3 Å². The maximum Gasteiger partial charge on any atom is 0.243 e. The molecule has 0 bridgehead atoms. The van der Waals surface area contributed by atoms with Gasteiger partial charge in [-0.2, -0.15) is 4.31 Å². The molecule has 0 spiro atoms. The van der Waals surface area contributed by atoms with Gasteiger partial charge in [0.25, 0.3) is 0 Å². The van der Waals surface area contributed by atoms with E-state index in [9.17, 15) is 18.0 Å². The third kappa shape index (κ3) is 9.06. The van der Waals surface area contributed by atoms with Gasteiger partial charge >= 0.3 is 0 Å². The highest BCUT2D eigenvalue weighted by atomic mass is 35.5. The van der Waals surface area contributed by atoms with Crippen molar-refractivity contribution in [1.82, 2.24) is 14.5 Å². The summed E-state index contributed by atoms with van der Waals surface area (Å²) in [4.78, 5) is 28.1. The molecule has 0 saturated carbocycles. The van der Waals surface area contributed by atoms with Gasteiger partial charge in [0.1, 0.15) is 6.04 Å². The van der Waals surface area contributed by atoms with Gasteiger partial charge in [0.15, 0.2) is 0 Å². The lowest BCUT2D eigenvalue weighted by molar-refractivity contribution is -0.141. The lowest BCUT2D eigenvalue weighted by Crippen LogP contribution is -2.53. The normalized spacial score (nSPS) is 12.4. The van der Waals surface area contributed by atoms with Crippen LogP contribution in [-0.4, -0.2) is 75.6 Å². The molecule has 0 aliphatic rings. The van der Waals surface area contributed by atoms with Gasteiger partial charge < -0.3 is 15.0 Å². The van der Waals surface area contributed by atoms with Crippen LogP contribution in [0.4, 0.5) is 0 Å². The summed E-state index contributed by atoms with van der Waals surface area (Å²) >= 11 is 6.00. The summed E-state index contributed by atoms with van der Waals surface area (Å²) in [6, 6.07) is 15.5. The minimum atomic E-state index is -3.58. The number of hydrogen-bond donors (Lipinski definition) is 1. The molecule has 1 N–H and O–H groups in total. The molecule has 0 aromatic heterocycles. The summed E-state index contributed by atoms with van der Waals surface area (Å²) in [6.45, 7) is 0.631. The van der Waals surface area contributed by atoms with Crippen LogP contribution in [0.3, 0.4) is 0 Å². The molecule has 0 aliphatic carbocycles. The van der Waals surface area contributed by atoms with Crippen molar-refractivity contribution >= 4 is 33.4 Å². The molecule has 1 unspecified atom stereocenters. The SMILES string of the molecule is COCCCNC(=O)C(Cc1ccccc1)N(Cc1ccc(Cl)cc1)C(=O)CN(C)S(C)(=O)=O. The number of ether oxygens (including phenoxy) is 1. The van der Waals surface area contributed by atoms with Crippen molar-refractivity contribution in [3.63, 3.8) is 0 Å². The number of methoxy groups -OCH3 is 1. The summed E-state index contributed by atoms with van der Waals surface area (Å²) in [5, 5.41) is 3.44. The molecular weight excluding hydrogens is 478 g/mol. The average molecular weight is 510 g/mol. The molecule has 8 nitrogen and oxygen atoms in total. The molecule has 2 aromatic carbocycles. The molecule has 2 amide bonds. The monoisotopic (exact) mass is 509 g/mol. The highest BCUT2D eigenvalue weighted by Crippen LogP contribution is 2.17. The minimum Gasteiger partial charge on any atom is -0.385 e. The lowest BCUT2D eigenvalue weighted by Gasteiger charge is -2.32. The predicted octanol–water partition coefficient (Wildman–Crippen LogP) is 2.32. The second-order valence-corrected chi connectivity index (χ2v) is 10.5. The van der Waals surface area contributed by atoms with Crippen LogP contribution in [0.15, 0.2) is 54.6 Å². The Kier molecular flexibility index (Phi) is 11.0. The van der Waals surface area contributed by atoms with Gasteiger partial charge in [-0.15, -0.1) is 0 Å². The average Bonchev–Trinajstić information content (AvgIpc) is 2.80. The Morgan fingerprint density at radius 3 is 2.29 bits per heavy atom. The van der Waals surface area contributed by atoms with Gasteiger partial charge in [0, 0.05) is 45.3 Å². The quantitative estimate of drug-likeness (QED) is 0.418. The van der Waals surface area contributed by atoms with Crippen LogP contribution in [0, 0.1) is 0 Å². The fraction of sp³-hybridized carbons (Fsp3) is 0.417. The predicted molar refractivity (Wildman–Crippen MR) is 133 cm³/mol. The standard InChI is InChI=1S/C24H32ClN3O5S/c1-27(34(3,31)32)18-23(29)28(17-20-10-12-21(25)13-11-20)22(16-19-8-5-4-6-9-19)24(30)26-14-7-15-33-2/h4-6,8-13,22H,7,14-18H2,1-3H3,(H,26,30). The first-order valence-corrected chi connectivity index (χ1v) is 13.1. The summed E-state index contributed by atoms with van der Waals surface area (Å²) in [6.07, 6.45) is 1.94. The number of nitrogens with zero attached hydrogens (tertiary/aromatic N) is 2. The number of carbonyl (C=O) groups excluding carboxylic acids is 2. The van der Waals surface area contributed by atoms with Crippen molar-refractivity contribution in [1.29, 1.82) is 0 Å². The third-order valence-electron chi connectivity index (χ3n) is 5.29. The molecule has 1 atom stereocenters. The first-order valence-electron chi connectivity index (χ1n) is 10.9. The van der Waals surface area contributed by atoms with E-state index in [-0.39, 0.29) is 25.4 Å². The van der Waals surface area contributed by atoms with Gasteiger partial charge in [-0.1, -0.05) is 54.1 Å². The van der Waals surface area contributed by atoms with Crippen LogP contribution >= 0.6 is 11.6 Å². The zero-order valence-corrected chi connectivity index (χ0v) is 21.3. The highest BCUT2D eigenvalue weighted by Gasteiger charge is 2.31. The molecule has 34 heavy (non-hydrogen) atoms. The van der Waals surface area contributed by atoms with E-state index in [0.29, 0.717) is 24.6 Å². The van der Waals surface area contributed by atoms with Gasteiger partial charge in [-0.25, -0.2) is 8.42 Å². The summed E-state index contributed by atoms with van der Waals surface area (Å²) in [5.74, 6) is -0.792. The van der Waals surface area contributed by atoms with Gasteiger partial charge in [-0.05, 0) is 29.7 Å². The van der Waals surface area contributed by atoms with Crippen molar-refractivity contribution in [2.24, 2.45) is 0 Å². The summed E-state index contributed by atoms with van der Waals surface area (Å²) in [5.41, 5.74) is 1.65. The number of rotatable bonds is 13. The maximum absolute atomic E-state index is 13.4. The minimum absolute atomic E-state index is 0.122. The van der Waals surface area contributed by atoms with Crippen LogP contribution in [0.5, 0.6) is 0 Å². The van der Waals surface area contributed by atoms with Crippen molar-refractivity contribution in [2.75, 3.05) is 40.1 Å². The summed E-state index contributed by atoms with van der Waals surface area (Å²) < 4.78 is 29.9. The van der Waals surface area contributed by atoms with E-state index in [4.69, 9.17) is 16.3 Å². The smallest absolute Gasteiger partial charge is 0.243 e. The number of sulfonamides is 1. The number of likely N-dealkylation sites (N-methyl/N-ethyl adjacent to an activating group) is 1. The second kappa shape index (κ2) is 13.4. The number of nitrogens with one attached hydrogen (secondary N) is 1. The van der Waals surface area contributed by atoms with E-state index < -0.39 is 22.0 Å². The Balaban J connectivity index is 2.38. The molecule has 0 saturated heterocycles. The molecule has 0 radical (unpaired) electrons. The molecule has 0 fully saturated rings. The van der Waals surface area contributed by atoms with E-state index in [2.05, 4.69) is 5.32 Å². The Morgan fingerprint density at radius 1 is 1.06 bits per heavy atom. The third-order valence-corrected chi connectivity index (χ3v) is 6.80. The van der Waals surface area contributed by atoms with E-state index in [1.165, 1.54) is 11.9 Å². The lowest BCUT2D eigenvalue weighted by atomic mass is 10.0. The van der Waals surface area contributed by atoms with Gasteiger partial charge in [0.05, 0.1) is 12.8 Å². The summed E-state index contributed by atoms with van der Waals surface area (Å²) in [7, 11) is -0.655. The van der Waals surface area contributed by atoms with E-state index in [1.54, 1.807) is 31.4 Å². The fourth-order valence-electron chi connectivity index (χ4n) is 3.28. The Hall–Kier alpha value is -2.46. The zero-order chi connectivity index (χ0) is 25.1. The van der Waals surface area contributed by atoms with Crippen molar-refractivity contribution in [2.45, 2.75) is 25.4 Å². The van der Waals surface area contributed by atoms with Crippen LogP contribution in [0.25, 0.3) is 0 Å². The van der Waals surface area contributed by atoms with Gasteiger partial charge in [-0.3, -0.25) is 9.59 Å². The Labute approximate surface area is 206 Å². The molecule has 0 aliphatic heterocycles. The number of halogens is 1. The molecule has 0 heterocycles. The number of amides is 2. The molecule has 2 rings (SSSR count). The maximum atomic E-state index is 13.4. The second-order valence-electron chi connectivity index (χ2n) is 8.01. The van der Waals surface area contributed by atoms with Crippen LogP contribution in [0.2, 0.25) is 5.02 Å². The van der Waals surface area contributed by atoms with Gasteiger partial charge in [0.2, 0.25) is 21.8 Å². The highest BCUT2D eigenvalue weighted by molar-refractivity contribution is 7.88. The van der Waals surface area contributed by atoms with Crippen LogP contribution < -0.4 is 5.32 Å². The number of hydrogen-bond acceptors (Lipinski definition) is 5. The van der Waals surface area contributed by atoms with Crippen molar-refractivity contribution < 1.29 is 22.7 Å². The Morgan fingerprint density at radius 2 is 1.71 bits per heavy atom. The largest absolute Gasteiger partial charge is 0.385 e. The topological polar surface area (TPSA) is 96.0 Å². The zero-order valence-electron chi connectivity index (χ0n) is 19.7. The van der Waals surface area contributed by atoms with Crippen molar-refractivity contribution in [3.8, 4) is 0 Å². The van der Waals surface area contributed by atoms with E-state index in [0.717, 1.165) is 21.7 Å². The fourth-order valence-corrected chi connectivity index (χ4v) is 3.76. The first kappa shape index (κ1) is 27.8. The first-order chi connectivity index (χ1) is 16.1. The van der Waals surface area contributed by atoms with Crippen molar-refractivity contribution in [3.05, 3.63) is 70.7 Å². The van der Waals surface area contributed by atoms with E-state index >= 15 is 0 Å². The number of carbonyl (C=O) groups is 2. The molecule has 186 valence electrons. The van der Waals surface area contributed by atoms with Crippen LogP contribution in [0.1, 0.15) is 17.5 Å². The number of benzene rings is 2. The molecular formula is C24H32ClN3O5S. The molecule has 10 heteroatoms. The molecule has 2 aromatic rings.